The summed E-state index contributed by atoms with van der Waals surface area (Å²) in [5.41, 5.74) is 1.51. The zero-order valence-electron chi connectivity index (χ0n) is 14.6. The lowest BCUT2D eigenvalue weighted by Gasteiger charge is -2.23. The van der Waals surface area contributed by atoms with Gasteiger partial charge in [0.25, 0.3) is 0 Å². The number of nitrogens with one attached hydrogen (secondary N) is 2. The minimum absolute atomic E-state index is 0.0102. The van der Waals surface area contributed by atoms with Crippen LogP contribution in [0, 0.1) is 0 Å². The molecule has 26 heavy (non-hydrogen) atoms. The Labute approximate surface area is 151 Å². The molecule has 1 fully saturated rings. The maximum atomic E-state index is 12.4. The molecule has 1 saturated heterocycles. The monoisotopic (exact) mass is 358 g/mol. The Bertz CT molecular complexity index is 768. The van der Waals surface area contributed by atoms with Crippen LogP contribution >= 0.6 is 0 Å². The quantitative estimate of drug-likeness (QED) is 0.758. The van der Waals surface area contributed by atoms with Crippen LogP contribution in [0.3, 0.4) is 0 Å². The lowest BCUT2D eigenvalue weighted by Crippen LogP contribution is -2.43. The Morgan fingerprint density at radius 2 is 2.23 bits per heavy atom. The third-order valence-corrected chi connectivity index (χ3v) is 3.93. The van der Waals surface area contributed by atoms with Crippen molar-refractivity contribution in [3.05, 3.63) is 42.2 Å². The number of para-hydroxylation sites is 2. The van der Waals surface area contributed by atoms with Crippen LogP contribution in [0.2, 0.25) is 0 Å². The number of aromatic nitrogens is 2. The first-order chi connectivity index (χ1) is 12.7. The van der Waals surface area contributed by atoms with Gasteiger partial charge < -0.3 is 20.1 Å². The lowest BCUT2D eigenvalue weighted by molar-refractivity contribution is -0.117. The van der Waals surface area contributed by atoms with Crippen LogP contribution in [-0.4, -0.2) is 54.1 Å². The van der Waals surface area contributed by atoms with Crippen molar-refractivity contribution in [2.24, 2.45) is 0 Å². The van der Waals surface area contributed by atoms with Crippen molar-refractivity contribution in [2.75, 3.05) is 31.7 Å². The second-order valence-corrected chi connectivity index (χ2v) is 5.86. The van der Waals surface area contributed by atoms with Crippen molar-refractivity contribution in [3.63, 3.8) is 0 Å². The maximum absolute atomic E-state index is 12.4. The number of carbonyl (C=O) groups excluding carboxylic acids is 2. The standard InChI is InChI=1S/C18H22N4O4/c1-2-26-18(24)15-7-9-22(21-15)16-6-4-3-5-14(16)20-17(23)11-13-12-25-10-8-19-13/h3-7,9,13,19H,2,8,10-12H2,1H3,(H,20,23). The van der Waals surface area contributed by atoms with Gasteiger partial charge in [0.1, 0.15) is 0 Å². The van der Waals surface area contributed by atoms with Crippen molar-refractivity contribution in [1.82, 2.24) is 15.1 Å². The van der Waals surface area contributed by atoms with Crippen molar-refractivity contribution in [2.45, 2.75) is 19.4 Å². The Morgan fingerprint density at radius 3 is 3.00 bits per heavy atom. The molecule has 1 unspecified atom stereocenters. The first kappa shape index (κ1) is 18.1. The fourth-order valence-electron chi connectivity index (χ4n) is 2.73. The number of carbonyl (C=O) groups is 2. The predicted molar refractivity (Wildman–Crippen MR) is 95.4 cm³/mol. The fraction of sp³-hybridized carbons (Fsp3) is 0.389. The molecule has 2 N–H and O–H groups in total. The van der Waals surface area contributed by atoms with E-state index in [2.05, 4.69) is 15.7 Å². The van der Waals surface area contributed by atoms with Crippen LogP contribution in [0.4, 0.5) is 5.69 Å². The number of nitrogens with zero attached hydrogens (tertiary/aromatic N) is 2. The summed E-state index contributed by atoms with van der Waals surface area (Å²) in [5, 5.41) is 10.4. The van der Waals surface area contributed by atoms with E-state index in [9.17, 15) is 9.59 Å². The number of esters is 1. The number of anilines is 1. The molecule has 1 aliphatic heterocycles. The summed E-state index contributed by atoms with van der Waals surface area (Å²) in [6.45, 7) is 3.97. The second kappa shape index (κ2) is 8.59. The van der Waals surface area contributed by atoms with E-state index in [0.29, 0.717) is 31.0 Å². The number of amides is 1. The predicted octanol–water partition coefficient (Wildman–Crippen LogP) is 1.37. The number of hydrogen-bond acceptors (Lipinski definition) is 6. The zero-order chi connectivity index (χ0) is 18.4. The van der Waals surface area contributed by atoms with E-state index >= 15 is 0 Å². The van der Waals surface area contributed by atoms with Gasteiger partial charge in [-0.2, -0.15) is 5.10 Å². The molecule has 1 aliphatic rings. The van der Waals surface area contributed by atoms with E-state index in [1.807, 2.05) is 18.2 Å². The van der Waals surface area contributed by atoms with E-state index in [-0.39, 0.29) is 24.2 Å². The van der Waals surface area contributed by atoms with Gasteiger partial charge in [0.05, 0.1) is 31.2 Å². The highest BCUT2D eigenvalue weighted by molar-refractivity contribution is 5.93. The molecule has 1 aromatic carbocycles. The molecular formula is C18H22N4O4. The highest BCUT2D eigenvalue weighted by atomic mass is 16.5. The summed E-state index contributed by atoms with van der Waals surface area (Å²) in [4.78, 5) is 24.1. The van der Waals surface area contributed by atoms with Crippen LogP contribution in [0.15, 0.2) is 36.5 Å². The van der Waals surface area contributed by atoms with Gasteiger partial charge in [-0.05, 0) is 25.1 Å². The van der Waals surface area contributed by atoms with Gasteiger partial charge in [0, 0.05) is 25.2 Å². The second-order valence-electron chi connectivity index (χ2n) is 5.86. The SMILES string of the molecule is CCOC(=O)c1ccn(-c2ccccc2NC(=O)CC2COCCN2)n1. The molecule has 1 amide bonds. The summed E-state index contributed by atoms with van der Waals surface area (Å²) in [6.07, 6.45) is 1.98. The van der Waals surface area contributed by atoms with Crippen molar-refractivity contribution in [1.29, 1.82) is 0 Å². The first-order valence-corrected chi connectivity index (χ1v) is 8.60. The first-order valence-electron chi connectivity index (χ1n) is 8.60. The van der Waals surface area contributed by atoms with Crippen molar-refractivity contribution < 1.29 is 19.1 Å². The highest BCUT2D eigenvalue weighted by Crippen LogP contribution is 2.20. The van der Waals surface area contributed by atoms with Crippen LogP contribution in [0.5, 0.6) is 0 Å². The molecule has 138 valence electrons. The third kappa shape index (κ3) is 4.47. The van der Waals surface area contributed by atoms with Gasteiger partial charge in [-0.3, -0.25) is 4.79 Å². The average molecular weight is 358 g/mol. The van der Waals surface area contributed by atoms with Crippen LogP contribution < -0.4 is 10.6 Å². The number of benzene rings is 1. The minimum Gasteiger partial charge on any atom is -0.461 e. The molecule has 3 rings (SSSR count). The number of ether oxygens (including phenoxy) is 2. The van der Waals surface area contributed by atoms with Gasteiger partial charge in [-0.1, -0.05) is 12.1 Å². The summed E-state index contributed by atoms with van der Waals surface area (Å²) in [5.74, 6) is -0.589. The number of morpholine rings is 1. The number of rotatable bonds is 6. The smallest absolute Gasteiger partial charge is 0.358 e. The molecule has 8 heteroatoms. The largest absolute Gasteiger partial charge is 0.461 e. The molecule has 0 spiro atoms. The van der Waals surface area contributed by atoms with E-state index in [1.165, 1.54) is 0 Å². The minimum atomic E-state index is -0.476. The normalized spacial score (nSPS) is 16.9. The zero-order valence-corrected chi connectivity index (χ0v) is 14.6. The Hall–Kier alpha value is -2.71. The summed E-state index contributed by atoms with van der Waals surface area (Å²) in [7, 11) is 0. The molecule has 2 heterocycles. The van der Waals surface area contributed by atoms with Crippen LogP contribution in [0.1, 0.15) is 23.8 Å². The molecule has 0 aliphatic carbocycles. The molecule has 0 saturated carbocycles. The summed E-state index contributed by atoms with van der Waals surface area (Å²) >= 11 is 0. The lowest BCUT2D eigenvalue weighted by atomic mass is 10.2. The van der Waals surface area contributed by atoms with Gasteiger partial charge in [-0.25, -0.2) is 9.48 Å². The Morgan fingerprint density at radius 1 is 1.38 bits per heavy atom. The molecule has 1 aromatic heterocycles. The maximum Gasteiger partial charge on any atom is 0.358 e. The molecular weight excluding hydrogens is 336 g/mol. The van der Waals surface area contributed by atoms with Crippen molar-refractivity contribution >= 4 is 17.6 Å². The molecule has 1 atom stereocenters. The van der Waals surface area contributed by atoms with E-state index in [4.69, 9.17) is 9.47 Å². The molecule has 0 bridgehead atoms. The Balaban J connectivity index is 1.71. The van der Waals surface area contributed by atoms with Crippen LogP contribution in [-0.2, 0) is 14.3 Å². The van der Waals surface area contributed by atoms with Gasteiger partial charge in [0.2, 0.25) is 5.91 Å². The third-order valence-electron chi connectivity index (χ3n) is 3.93. The van der Waals surface area contributed by atoms with Crippen molar-refractivity contribution in [3.8, 4) is 5.69 Å². The van der Waals surface area contributed by atoms with Gasteiger partial charge >= 0.3 is 5.97 Å². The van der Waals surface area contributed by atoms with E-state index < -0.39 is 5.97 Å². The summed E-state index contributed by atoms with van der Waals surface area (Å²) < 4.78 is 11.9. The molecule has 0 radical (unpaired) electrons. The topological polar surface area (TPSA) is 94.5 Å². The average Bonchev–Trinajstić information content (AvgIpc) is 3.13. The molecule has 8 nitrogen and oxygen atoms in total. The highest BCUT2D eigenvalue weighted by Gasteiger charge is 2.18. The Kier molecular flexibility index (Phi) is 5.98. The number of hydrogen-bond donors (Lipinski definition) is 2. The van der Waals surface area contributed by atoms with Gasteiger partial charge in [-0.15, -0.1) is 0 Å². The van der Waals surface area contributed by atoms with E-state index in [1.54, 1.807) is 29.9 Å². The molecule has 2 aromatic rings. The van der Waals surface area contributed by atoms with Gasteiger partial charge in [0.15, 0.2) is 5.69 Å². The summed E-state index contributed by atoms with van der Waals surface area (Å²) in [6, 6.07) is 8.88. The van der Waals surface area contributed by atoms with Crippen LogP contribution in [0.25, 0.3) is 5.69 Å². The fourth-order valence-corrected chi connectivity index (χ4v) is 2.73. The van der Waals surface area contributed by atoms with E-state index in [0.717, 1.165) is 6.54 Å².